The minimum absolute atomic E-state index is 0.0751. The molecule has 1 aliphatic heterocycles. The molecule has 1 amide bonds. The van der Waals surface area contributed by atoms with Gasteiger partial charge in [-0.05, 0) is 61.4 Å². The molecule has 2 N–H and O–H groups in total. The molecule has 0 aromatic heterocycles. The molecule has 1 fully saturated rings. The third-order valence-corrected chi connectivity index (χ3v) is 5.83. The summed E-state index contributed by atoms with van der Waals surface area (Å²) >= 11 is 0. The molecule has 0 bridgehead atoms. The Bertz CT molecular complexity index is 874. The van der Waals surface area contributed by atoms with E-state index in [0.717, 1.165) is 18.8 Å². The highest BCUT2D eigenvalue weighted by molar-refractivity contribution is 7.89. The van der Waals surface area contributed by atoms with Crippen molar-refractivity contribution in [1.82, 2.24) is 4.72 Å². The van der Waals surface area contributed by atoms with E-state index >= 15 is 0 Å². The van der Waals surface area contributed by atoms with E-state index in [0.29, 0.717) is 11.4 Å². The fraction of sp³-hybridized carbons (Fsp3) is 0.316. The largest absolute Gasteiger partial charge is 0.497 e. The van der Waals surface area contributed by atoms with Crippen LogP contribution in [0.15, 0.2) is 53.4 Å². The van der Waals surface area contributed by atoms with Gasteiger partial charge in [-0.1, -0.05) is 0 Å². The molecule has 1 heterocycles. The Labute approximate surface area is 159 Å². The molecule has 7 nitrogen and oxygen atoms in total. The number of hydrogen-bond acceptors (Lipinski definition) is 5. The number of carbonyl (C=O) groups excluding carboxylic acids is 1. The van der Waals surface area contributed by atoms with Crippen molar-refractivity contribution in [2.75, 3.05) is 37.0 Å². The highest BCUT2D eigenvalue weighted by Gasteiger charge is 2.16. The van der Waals surface area contributed by atoms with Crippen molar-refractivity contribution in [2.24, 2.45) is 0 Å². The van der Waals surface area contributed by atoms with Crippen LogP contribution in [0.2, 0.25) is 0 Å². The number of amides is 1. The van der Waals surface area contributed by atoms with Crippen molar-refractivity contribution in [3.8, 4) is 5.75 Å². The minimum Gasteiger partial charge on any atom is -0.497 e. The number of benzene rings is 2. The highest BCUT2D eigenvalue weighted by Crippen LogP contribution is 2.22. The summed E-state index contributed by atoms with van der Waals surface area (Å²) in [4.78, 5) is 14.4. The monoisotopic (exact) mass is 389 g/mol. The van der Waals surface area contributed by atoms with Crippen LogP contribution in [-0.2, 0) is 14.8 Å². The maximum atomic E-state index is 12.2. The van der Waals surface area contributed by atoms with Crippen molar-refractivity contribution in [3.63, 3.8) is 0 Å². The number of methoxy groups -OCH3 is 1. The topological polar surface area (TPSA) is 87.7 Å². The van der Waals surface area contributed by atoms with Gasteiger partial charge in [0.15, 0.2) is 0 Å². The van der Waals surface area contributed by atoms with Crippen LogP contribution in [0.3, 0.4) is 0 Å². The van der Waals surface area contributed by atoms with Gasteiger partial charge >= 0.3 is 0 Å². The van der Waals surface area contributed by atoms with E-state index in [-0.39, 0.29) is 11.4 Å². The predicted molar refractivity (Wildman–Crippen MR) is 105 cm³/mol. The SMILES string of the molecule is COc1ccc(S(=O)(=O)NCC(=O)Nc2ccc(N3CCCC3)cc2)cc1. The van der Waals surface area contributed by atoms with Crippen LogP contribution in [0.4, 0.5) is 11.4 Å². The zero-order valence-corrected chi connectivity index (χ0v) is 16.0. The molecule has 1 aliphatic rings. The first-order valence-corrected chi connectivity index (χ1v) is 10.2. The molecule has 0 unspecified atom stereocenters. The summed E-state index contributed by atoms with van der Waals surface area (Å²) in [5, 5.41) is 2.70. The number of hydrogen-bond donors (Lipinski definition) is 2. The van der Waals surface area contributed by atoms with Crippen LogP contribution >= 0.6 is 0 Å². The van der Waals surface area contributed by atoms with Gasteiger partial charge in [-0.25, -0.2) is 13.1 Å². The maximum Gasteiger partial charge on any atom is 0.241 e. The van der Waals surface area contributed by atoms with Gasteiger partial charge in [0.2, 0.25) is 15.9 Å². The number of anilines is 2. The van der Waals surface area contributed by atoms with Crippen LogP contribution in [0.1, 0.15) is 12.8 Å². The zero-order valence-electron chi connectivity index (χ0n) is 15.1. The number of rotatable bonds is 7. The normalized spacial score (nSPS) is 14.2. The molecule has 27 heavy (non-hydrogen) atoms. The first-order chi connectivity index (χ1) is 13.0. The van der Waals surface area contributed by atoms with Gasteiger partial charge in [0, 0.05) is 24.5 Å². The Morgan fingerprint density at radius 1 is 1.04 bits per heavy atom. The molecule has 0 aliphatic carbocycles. The third kappa shape index (κ3) is 4.99. The van der Waals surface area contributed by atoms with E-state index in [1.54, 1.807) is 12.1 Å². The standard InChI is InChI=1S/C19H23N3O4S/c1-26-17-8-10-18(11-9-17)27(24,25)20-14-19(23)21-15-4-6-16(7-5-15)22-12-2-3-13-22/h4-11,20H,2-3,12-14H2,1H3,(H,21,23). The molecule has 2 aromatic rings. The third-order valence-electron chi connectivity index (χ3n) is 4.41. The van der Waals surface area contributed by atoms with Crippen LogP contribution in [0.5, 0.6) is 5.75 Å². The van der Waals surface area contributed by atoms with E-state index in [1.165, 1.54) is 32.1 Å². The Balaban J connectivity index is 1.54. The van der Waals surface area contributed by atoms with Crippen molar-refractivity contribution in [1.29, 1.82) is 0 Å². The molecule has 144 valence electrons. The zero-order chi connectivity index (χ0) is 19.3. The molecular formula is C19H23N3O4S. The maximum absolute atomic E-state index is 12.2. The molecule has 0 radical (unpaired) electrons. The summed E-state index contributed by atoms with van der Waals surface area (Å²) in [5.41, 5.74) is 1.76. The second-order valence-electron chi connectivity index (χ2n) is 6.29. The van der Waals surface area contributed by atoms with Gasteiger partial charge in [-0.15, -0.1) is 0 Å². The van der Waals surface area contributed by atoms with Crippen molar-refractivity contribution < 1.29 is 17.9 Å². The fourth-order valence-electron chi connectivity index (χ4n) is 2.93. The van der Waals surface area contributed by atoms with Crippen LogP contribution < -0.4 is 19.7 Å². The van der Waals surface area contributed by atoms with Crippen molar-refractivity contribution in [2.45, 2.75) is 17.7 Å². The molecule has 0 saturated carbocycles. The summed E-state index contributed by atoms with van der Waals surface area (Å²) in [6.45, 7) is 1.76. The number of ether oxygens (including phenoxy) is 1. The average molecular weight is 389 g/mol. The summed E-state index contributed by atoms with van der Waals surface area (Å²) in [6, 6.07) is 13.5. The Hall–Kier alpha value is -2.58. The quantitative estimate of drug-likeness (QED) is 0.758. The first-order valence-electron chi connectivity index (χ1n) is 8.76. The Morgan fingerprint density at radius 2 is 1.67 bits per heavy atom. The lowest BCUT2D eigenvalue weighted by Gasteiger charge is -2.17. The predicted octanol–water partition coefficient (Wildman–Crippen LogP) is 2.21. The van der Waals surface area contributed by atoms with Gasteiger partial charge in [-0.2, -0.15) is 0 Å². The van der Waals surface area contributed by atoms with Crippen LogP contribution in [0, 0.1) is 0 Å². The van der Waals surface area contributed by atoms with Gasteiger partial charge in [-0.3, -0.25) is 4.79 Å². The molecular weight excluding hydrogens is 366 g/mol. The second kappa shape index (κ2) is 8.41. The van der Waals surface area contributed by atoms with Crippen molar-refractivity contribution >= 4 is 27.3 Å². The molecule has 3 rings (SSSR count). The first kappa shape index (κ1) is 19.2. The van der Waals surface area contributed by atoms with E-state index < -0.39 is 15.9 Å². The summed E-state index contributed by atoms with van der Waals surface area (Å²) < 4.78 is 31.8. The molecule has 1 saturated heterocycles. The summed E-state index contributed by atoms with van der Waals surface area (Å²) in [5.74, 6) is 0.130. The number of nitrogens with zero attached hydrogens (tertiary/aromatic N) is 1. The van der Waals surface area contributed by atoms with Crippen LogP contribution in [0.25, 0.3) is 0 Å². The van der Waals surface area contributed by atoms with Crippen LogP contribution in [-0.4, -0.2) is 41.1 Å². The van der Waals surface area contributed by atoms with Gasteiger partial charge in [0.05, 0.1) is 18.6 Å². The van der Waals surface area contributed by atoms with E-state index in [9.17, 15) is 13.2 Å². The lowest BCUT2D eigenvalue weighted by Crippen LogP contribution is -2.32. The average Bonchev–Trinajstić information content (AvgIpc) is 3.22. The Morgan fingerprint density at radius 3 is 2.26 bits per heavy atom. The minimum atomic E-state index is -3.76. The van der Waals surface area contributed by atoms with E-state index in [2.05, 4.69) is 14.9 Å². The Kier molecular flexibility index (Phi) is 5.98. The number of sulfonamides is 1. The summed E-state index contributed by atoms with van der Waals surface area (Å²) in [6.07, 6.45) is 2.40. The smallest absolute Gasteiger partial charge is 0.241 e. The van der Waals surface area contributed by atoms with Gasteiger partial charge in [0.25, 0.3) is 0 Å². The molecule has 2 aromatic carbocycles. The lowest BCUT2D eigenvalue weighted by molar-refractivity contribution is -0.115. The van der Waals surface area contributed by atoms with Crippen molar-refractivity contribution in [3.05, 3.63) is 48.5 Å². The second-order valence-corrected chi connectivity index (χ2v) is 8.06. The lowest BCUT2D eigenvalue weighted by atomic mass is 10.2. The number of carbonyl (C=O) groups is 1. The molecule has 8 heteroatoms. The van der Waals surface area contributed by atoms with E-state index in [1.807, 2.05) is 24.3 Å². The molecule has 0 atom stereocenters. The van der Waals surface area contributed by atoms with E-state index in [4.69, 9.17) is 4.74 Å². The highest BCUT2D eigenvalue weighted by atomic mass is 32.2. The van der Waals surface area contributed by atoms with Gasteiger partial charge < -0.3 is 15.0 Å². The summed E-state index contributed by atoms with van der Waals surface area (Å²) in [7, 11) is -2.26. The number of nitrogens with one attached hydrogen (secondary N) is 2. The fourth-order valence-corrected chi connectivity index (χ4v) is 3.92. The molecule has 0 spiro atoms. The van der Waals surface area contributed by atoms with Gasteiger partial charge in [0.1, 0.15) is 5.75 Å².